The maximum absolute atomic E-state index is 12.7. The van der Waals surface area contributed by atoms with Crippen LogP contribution in [0.15, 0.2) is 18.2 Å². The number of hydrogen-bond acceptors (Lipinski definition) is 6. The monoisotopic (exact) mass is 473 g/mol. The number of amides is 2. The van der Waals surface area contributed by atoms with Crippen LogP contribution in [0.1, 0.15) is 23.2 Å². The molecular formula is C23H28ClN5O4. The summed E-state index contributed by atoms with van der Waals surface area (Å²) in [7, 11) is 6.50. The fourth-order valence-corrected chi connectivity index (χ4v) is 3.97. The first-order valence-electron chi connectivity index (χ1n) is 10.4. The zero-order valence-corrected chi connectivity index (χ0v) is 20.4. The number of aromatic nitrogens is 3. The van der Waals surface area contributed by atoms with Crippen molar-refractivity contribution >= 4 is 40.1 Å². The third-order valence-electron chi connectivity index (χ3n) is 5.55. The molecule has 10 heteroatoms. The molecule has 1 aromatic carbocycles. The van der Waals surface area contributed by atoms with Crippen LogP contribution in [0, 0.1) is 13.8 Å². The molecule has 0 spiro atoms. The van der Waals surface area contributed by atoms with Gasteiger partial charge in [-0.1, -0.05) is 11.6 Å². The van der Waals surface area contributed by atoms with E-state index in [1.165, 1.54) is 12.0 Å². The van der Waals surface area contributed by atoms with E-state index < -0.39 is 0 Å². The highest BCUT2D eigenvalue weighted by molar-refractivity contribution is 6.31. The first-order chi connectivity index (χ1) is 15.7. The highest BCUT2D eigenvalue weighted by Gasteiger charge is 2.20. The van der Waals surface area contributed by atoms with Crippen LogP contribution in [0.3, 0.4) is 0 Å². The number of likely N-dealkylation sites (N-methyl/N-ethyl adjacent to an activating group) is 1. The number of aryl methyl sites for hydroxylation is 3. The minimum atomic E-state index is -0.345. The molecule has 0 aliphatic carbocycles. The lowest BCUT2D eigenvalue weighted by molar-refractivity contribution is -0.133. The highest BCUT2D eigenvalue weighted by Crippen LogP contribution is 2.30. The van der Waals surface area contributed by atoms with E-state index in [1.807, 2.05) is 20.9 Å². The van der Waals surface area contributed by atoms with E-state index in [0.29, 0.717) is 28.8 Å². The van der Waals surface area contributed by atoms with Gasteiger partial charge in [0.05, 0.1) is 31.8 Å². The summed E-state index contributed by atoms with van der Waals surface area (Å²) in [4.78, 5) is 31.3. The van der Waals surface area contributed by atoms with Crippen LogP contribution in [-0.4, -0.2) is 59.3 Å². The van der Waals surface area contributed by atoms with E-state index in [2.05, 4.69) is 15.4 Å². The van der Waals surface area contributed by atoms with Crippen LogP contribution in [0.25, 0.3) is 11.0 Å². The van der Waals surface area contributed by atoms with E-state index in [9.17, 15) is 9.59 Å². The summed E-state index contributed by atoms with van der Waals surface area (Å²) in [6.07, 6.45) is 0.729. The van der Waals surface area contributed by atoms with Crippen molar-refractivity contribution < 1.29 is 19.1 Å². The second kappa shape index (κ2) is 10.1. The topological polar surface area (TPSA) is 98.6 Å². The molecule has 33 heavy (non-hydrogen) atoms. The molecule has 176 valence electrons. The second-order valence-corrected chi connectivity index (χ2v) is 8.21. The summed E-state index contributed by atoms with van der Waals surface area (Å²) < 4.78 is 12.3. The van der Waals surface area contributed by atoms with E-state index in [1.54, 1.807) is 37.0 Å². The number of methoxy groups -OCH3 is 2. The van der Waals surface area contributed by atoms with Crippen LogP contribution in [0.4, 0.5) is 5.69 Å². The summed E-state index contributed by atoms with van der Waals surface area (Å²) in [6, 6.07) is 4.93. The van der Waals surface area contributed by atoms with Crippen molar-refractivity contribution in [2.45, 2.75) is 26.7 Å². The molecule has 3 rings (SSSR count). The summed E-state index contributed by atoms with van der Waals surface area (Å²) in [5, 5.41) is 8.41. The van der Waals surface area contributed by atoms with Crippen molar-refractivity contribution in [2.75, 3.05) is 33.1 Å². The largest absolute Gasteiger partial charge is 0.495 e. The zero-order valence-electron chi connectivity index (χ0n) is 19.7. The SMILES string of the molecule is COc1ccc(Cl)cc1NC(=O)CN(C)C(=O)CCc1c(C)nc2c(c(OC)nn2C)c1C. The molecule has 0 radical (unpaired) electrons. The minimum Gasteiger partial charge on any atom is -0.495 e. The van der Waals surface area contributed by atoms with Gasteiger partial charge in [0.25, 0.3) is 0 Å². The van der Waals surface area contributed by atoms with Gasteiger partial charge in [0.15, 0.2) is 5.65 Å². The van der Waals surface area contributed by atoms with Crippen molar-refractivity contribution in [1.82, 2.24) is 19.7 Å². The number of rotatable bonds is 8. The molecular weight excluding hydrogens is 446 g/mol. The Bertz CT molecular complexity index is 1210. The number of anilines is 1. The number of nitrogens with one attached hydrogen (secondary N) is 1. The molecule has 2 aromatic heterocycles. The predicted molar refractivity (Wildman–Crippen MR) is 127 cm³/mol. The van der Waals surface area contributed by atoms with Gasteiger partial charge in [-0.2, -0.15) is 0 Å². The average Bonchev–Trinajstić information content (AvgIpc) is 3.09. The minimum absolute atomic E-state index is 0.0970. The van der Waals surface area contributed by atoms with Gasteiger partial charge in [-0.3, -0.25) is 9.59 Å². The van der Waals surface area contributed by atoms with Gasteiger partial charge >= 0.3 is 0 Å². The molecule has 0 aliphatic rings. The molecule has 1 N–H and O–H groups in total. The zero-order chi connectivity index (χ0) is 24.3. The molecule has 0 unspecified atom stereocenters. The highest BCUT2D eigenvalue weighted by atomic mass is 35.5. The standard InChI is InChI=1S/C23H28ClN5O4/c1-13-16(14(2)25-22-21(13)23(33-6)27-29(22)4)8-10-20(31)28(3)12-19(30)26-17-11-15(24)7-9-18(17)32-5/h7,9,11H,8,10,12H2,1-6H3,(H,26,30). The Balaban J connectivity index is 1.67. The molecule has 0 aliphatic heterocycles. The van der Waals surface area contributed by atoms with E-state index >= 15 is 0 Å². The Hall–Kier alpha value is -3.33. The summed E-state index contributed by atoms with van der Waals surface area (Å²) in [5.74, 6) is 0.499. The molecule has 0 fully saturated rings. The Morgan fingerprint density at radius 2 is 1.94 bits per heavy atom. The van der Waals surface area contributed by atoms with Gasteiger partial charge in [-0.15, -0.1) is 5.10 Å². The Morgan fingerprint density at radius 3 is 2.61 bits per heavy atom. The number of ether oxygens (including phenoxy) is 2. The van der Waals surface area contributed by atoms with Crippen LogP contribution in [-0.2, 0) is 23.1 Å². The Labute approximate surface area is 197 Å². The molecule has 2 heterocycles. The van der Waals surface area contributed by atoms with Crippen molar-refractivity contribution in [2.24, 2.45) is 7.05 Å². The molecule has 0 saturated carbocycles. The lowest BCUT2D eigenvalue weighted by Crippen LogP contribution is -2.35. The van der Waals surface area contributed by atoms with Crippen molar-refractivity contribution in [3.05, 3.63) is 40.0 Å². The van der Waals surface area contributed by atoms with Crippen molar-refractivity contribution in [3.8, 4) is 11.6 Å². The van der Waals surface area contributed by atoms with Gasteiger partial charge in [0, 0.05) is 31.2 Å². The van der Waals surface area contributed by atoms with Gasteiger partial charge < -0.3 is 19.7 Å². The number of hydrogen-bond donors (Lipinski definition) is 1. The molecule has 3 aromatic rings. The fraction of sp³-hybridized carbons (Fsp3) is 0.391. The summed E-state index contributed by atoms with van der Waals surface area (Å²) in [6.45, 7) is 3.80. The molecule has 0 atom stereocenters. The first kappa shape index (κ1) is 24.3. The van der Waals surface area contributed by atoms with Crippen LogP contribution in [0.5, 0.6) is 11.6 Å². The van der Waals surface area contributed by atoms with Crippen LogP contribution >= 0.6 is 11.6 Å². The smallest absolute Gasteiger partial charge is 0.244 e. The normalized spacial score (nSPS) is 10.9. The van der Waals surface area contributed by atoms with Gasteiger partial charge in [-0.05, 0) is 49.6 Å². The van der Waals surface area contributed by atoms with Crippen LogP contribution in [0.2, 0.25) is 5.02 Å². The Morgan fingerprint density at radius 1 is 1.21 bits per heavy atom. The van der Waals surface area contributed by atoms with Crippen LogP contribution < -0.4 is 14.8 Å². The fourth-order valence-electron chi connectivity index (χ4n) is 3.80. The average molecular weight is 474 g/mol. The number of carbonyl (C=O) groups is 2. The first-order valence-corrected chi connectivity index (χ1v) is 10.8. The molecule has 9 nitrogen and oxygen atoms in total. The number of benzene rings is 1. The quantitative estimate of drug-likeness (QED) is 0.539. The third kappa shape index (κ3) is 5.19. The van der Waals surface area contributed by atoms with Gasteiger partial charge in [-0.25, -0.2) is 9.67 Å². The van der Waals surface area contributed by atoms with E-state index in [0.717, 1.165) is 27.9 Å². The lowest BCUT2D eigenvalue weighted by Gasteiger charge is -2.18. The number of fused-ring (bicyclic) bond motifs is 1. The summed E-state index contributed by atoms with van der Waals surface area (Å²) in [5.41, 5.74) is 3.99. The predicted octanol–water partition coefficient (Wildman–Crippen LogP) is 3.29. The maximum atomic E-state index is 12.7. The molecule has 2 amide bonds. The van der Waals surface area contributed by atoms with Gasteiger partial charge in [0.2, 0.25) is 17.7 Å². The summed E-state index contributed by atoms with van der Waals surface area (Å²) >= 11 is 6.01. The molecule has 0 bridgehead atoms. The van der Waals surface area contributed by atoms with Gasteiger partial charge in [0.1, 0.15) is 5.75 Å². The third-order valence-corrected chi connectivity index (χ3v) is 5.78. The number of halogens is 1. The second-order valence-electron chi connectivity index (χ2n) is 7.77. The lowest BCUT2D eigenvalue weighted by atomic mass is 10.00. The number of nitrogens with zero attached hydrogens (tertiary/aromatic N) is 4. The molecule has 0 saturated heterocycles. The number of pyridine rings is 1. The Kier molecular flexibility index (Phi) is 7.43. The van der Waals surface area contributed by atoms with E-state index in [4.69, 9.17) is 21.1 Å². The maximum Gasteiger partial charge on any atom is 0.244 e. The number of carbonyl (C=O) groups excluding carboxylic acids is 2. The van der Waals surface area contributed by atoms with Crippen molar-refractivity contribution in [1.29, 1.82) is 0 Å². The van der Waals surface area contributed by atoms with E-state index in [-0.39, 0.29) is 24.8 Å². The van der Waals surface area contributed by atoms with Crippen molar-refractivity contribution in [3.63, 3.8) is 0 Å².